The van der Waals surface area contributed by atoms with Crippen LogP contribution in [0.15, 0.2) is 46.5 Å². The topological polar surface area (TPSA) is 109 Å². The SMILES string of the molecule is C[S+]([O-])c1ncc2c(=O)n3n(c2n1)-c1cccc(n1)[C@](C)(O)CCC=CC3. The van der Waals surface area contributed by atoms with Crippen molar-refractivity contribution in [3.63, 3.8) is 0 Å². The Hall–Kier alpha value is -2.49. The maximum absolute atomic E-state index is 12.9. The zero-order valence-electron chi connectivity index (χ0n) is 15.0. The molecule has 3 aromatic heterocycles. The first-order chi connectivity index (χ1) is 12.9. The van der Waals surface area contributed by atoms with Crippen LogP contribution < -0.4 is 5.56 Å². The fraction of sp³-hybridized carbons (Fsp3) is 0.333. The molecule has 8 nitrogen and oxygen atoms in total. The number of hydrogen-bond acceptors (Lipinski definition) is 6. The Kier molecular flexibility index (Phi) is 4.37. The second kappa shape index (κ2) is 6.59. The van der Waals surface area contributed by atoms with Gasteiger partial charge >= 0.3 is 5.16 Å². The zero-order chi connectivity index (χ0) is 19.2. The highest BCUT2D eigenvalue weighted by Gasteiger charge is 2.26. The molecule has 27 heavy (non-hydrogen) atoms. The lowest BCUT2D eigenvalue weighted by Gasteiger charge is -2.22. The van der Waals surface area contributed by atoms with Gasteiger partial charge in [0.05, 0.1) is 18.4 Å². The summed E-state index contributed by atoms with van der Waals surface area (Å²) < 4.78 is 14.9. The second-order valence-electron chi connectivity index (χ2n) is 6.71. The molecular weight excluding hydrogens is 366 g/mol. The molecule has 3 aromatic rings. The quantitative estimate of drug-likeness (QED) is 0.384. The molecule has 4 heterocycles. The molecule has 140 valence electrons. The lowest BCUT2D eigenvalue weighted by atomic mass is 9.95. The number of aromatic nitrogens is 5. The Balaban J connectivity index is 2.06. The molecular formula is C18H19N5O3S. The van der Waals surface area contributed by atoms with Crippen molar-refractivity contribution in [3.05, 3.63) is 52.6 Å². The predicted octanol–water partition coefficient (Wildman–Crippen LogP) is 1.27. The Morgan fingerprint density at radius 1 is 1.30 bits per heavy atom. The second-order valence-corrected chi connectivity index (χ2v) is 7.98. The minimum Gasteiger partial charge on any atom is -0.609 e. The largest absolute Gasteiger partial charge is 0.609 e. The predicted molar refractivity (Wildman–Crippen MR) is 101 cm³/mol. The number of aliphatic hydroxyl groups is 1. The normalized spacial score (nSPS) is 20.9. The van der Waals surface area contributed by atoms with E-state index >= 15 is 0 Å². The summed E-state index contributed by atoms with van der Waals surface area (Å²) in [6.45, 7) is 2.06. The van der Waals surface area contributed by atoms with Crippen molar-refractivity contribution in [1.29, 1.82) is 0 Å². The van der Waals surface area contributed by atoms with Gasteiger partial charge in [0.25, 0.3) is 5.56 Å². The maximum atomic E-state index is 12.9. The summed E-state index contributed by atoms with van der Waals surface area (Å²) in [5, 5.41) is 11.3. The highest BCUT2D eigenvalue weighted by atomic mass is 32.2. The van der Waals surface area contributed by atoms with Crippen molar-refractivity contribution in [1.82, 2.24) is 24.3 Å². The molecule has 2 atom stereocenters. The molecule has 1 N–H and O–H groups in total. The Bertz CT molecular complexity index is 1100. The summed E-state index contributed by atoms with van der Waals surface area (Å²) in [6, 6.07) is 5.31. The molecule has 2 bridgehead atoms. The Labute approximate surface area is 158 Å². The van der Waals surface area contributed by atoms with Crippen LogP contribution in [0.25, 0.3) is 16.9 Å². The number of nitrogens with zero attached hydrogens (tertiary/aromatic N) is 5. The molecule has 0 aromatic carbocycles. The molecule has 0 aliphatic carbocycles. The third-order valence-electron chi connectivity index (χ3n) is 4.66. The average Bonchev–Trinajstić information content (AvgIpc) is 2.92. The standard InChI is InChI=1S/C18H19N5O3S/c1-18(25)9-4-3-5-10-22-16(24)12-11-19-17(27(2)26)21-15(12)23(22)14-8-6-7-13(18)20-14/h3,5-8,11,25H,4,9-10H2,1-2H3/t18-,27?/m1/s1. The summed E-state index contributed by atoms with van der Waals surface area (Å²) >= 11 is -1.38. The molecule has 4 rings (SSSR count). The van der Waals surface area contributed by atoms with Gasteiger partial charge in [0.15, 0.2) is 11.5 Å². The van der Waals surface area contributed by atoms with Gasteiger partial charge in [0, 0.05) is 11.2 Å². The third kappa shape index (κ3) is 3.07. The van der Waals surface area contributed by atoms with E-state index in [0.29, 0.717) is 41.9 Å². The summed E-state index contributed by atoms with van der Waals surface area (Å²) in [5.41, 5.74) is -0.480. The minimum atomic E-state index is -1.38. The van der Waals surface area contributed by atoms with Crippen molar-refractivity contribution in [3.8, 4) is 5.82 Å². The van der Waals surface area contributed by atoms with Crippen LogP contribution in [0.5, 0.6) is 0 Å². The number of hydrogen-bond donors (Lipinski definition) is 1. The van der Waals surface area contributed by atoms with Gasteiger partial charge in [-0.05, 0) is 31.9 Å². The third-order valence-corrected chi connectivity index (χ3v) is 5.37. The van der Waals surface area contributed by atoms with Gasteiger partial charge in [-0.2, -0.15) is 9.97 Å². The highest BCUT2D eigenvalue weighted by molar-refractivity contribution is 7.90. The van der Waals surface area contributed by atoms with Gasteiger partial charge in [-0.3, -0.25) is 4.79 Å². The van der Waals surface area contributed by atoms with Crippen LogP contribution in [-0.2, 0) is 23.3 Å². The number of rotatable bonds is 1. The van der Waals surface area contributed by atoms with Gasteiger partial charge in [-0.15, -0.1) is 0 Å². The first-order valence-electron chi connectivity index (χ1n) is 8.56. The molecule has 0 amide bonds. The Morgan fingerprint density at radius 3 is 2.89 bits per heavy atom. The number of pyridine rings is 1. The minimum absolute atomic E-state index is 0.149. The number of fused-ring (bicyclic) bond motifs is 6. The van der Waals surface area contributed by atoms with E-state index < -0.39 is 16.8 Å². The van der Waals surface area contributed by atoms with Crippen LogP contribution in [0, 0.1) is 0 Å². The van der Waals surface area contributed by atoms with E-state index in [4.69, 9.17) is 0 Å². The van der Waals surface area contributed by atoms with Crippen molar-refractivity contribution < 1.29 is 9.66 Å². The summed E-state index contributed by atoms with van der Waals surface area (Å²) in [5.74, 6) is 0.460. The van der Waals surface area contributed by atoms with Gasteiger partial charge in [0.1, 0.15) is 17.2 Å². The van der Waals surface area contributed by atoms with E-state index in [1.54, 1.807) is 29.8 Å². The smallest absolute Gasteiger partial charge is 0.344 e. The van der Waals surface area contributed by atoms with Crippen LogP contribution >= 0.6 is 0 Å². The molecule has 0 fully saturated rings. The molecule has 0 saturated carbocycles. The van der Waals surface area contributed by atoms with Crippen LogP contribution in [0.3, 0.4) is 0 Å². The monoisotopic (exact) mass is 385 g/mol. The average molecular weight is 385 g/mol. The van der Waals surface area contributed by atoms with Crippen LogP contribution in [0.4, 0.5) is 0 Å². The van der Waals surface area contributed by atoms with E-state index in [-0.39, 0.29) is 10.7 Å². The van der Waals surface area contributed by atoms with Gasteiger partial charge in [-0.25, -0.2) is 14.3 Å². The van der Waals surface area contributed by atoms with Crippen molar-refractivity contribution in [2.45, 2.75) is 37.1 Å². The molecule has 1 aliphatic rings. The van der Waals surface area contributed by atoms with Crippen molar-refractivity contribution in [2.75, 3.05) is 6.26 Å². The summed E-state index contributed by atoms with van der Waals surface area (Å²) in [6.07, 6.45) is 7.90. The van der Waals surface area contributed by atoms with Crippen LogP contribution in [0.1, 0.15) is 25.5 Å². The molecule has 9 heteroatoms. The first-order valence-corrected chi connectivity index (χ1v) is 10.1. The molecule has 0 spiro atoms. The van der Waals surface area contributed by atoms with E-state index in [9.17, 15) is 14.5 Å². The Morgan fingerprint density at radius 2 is 2.11 bits per heavy atom. The van der Waals surface area contributed by atoms with E-state index in [1.807, 2.05) is 12.2 Å². The molecule has 1 aliphatic heterocycles. The summed E-state index contributed by atoms with van der Waals surface area (Å²) in [7, 11) is 0. The van der Waals surface area contributed by atoms with Gasteiger partial charge in [0.2, 0.25) is 0 Å². The van der Waals surface area contributed by atoms with Gasteiger partial charge < -0.3 is 9.66 Å². The fourth-order valence-corrected chi connectivity index (χ4v) is 3.59. The number of allylic oxidation sites excluding steroid dienone is 2. The van der Waals surface area contributed by atoms with Gasteiger partial charge in [-0.1, -0.05) is 18.2 Å². The summed E-state index contributed by atoms with van der Waals surface area (Å²) in [4.78, 5) is 25.9. The lowest BCUT2D eigenvalue weighted by Crippen LogP contribution is -2.24. The lowest BCUT2D eigenvalue weighted by molar-refractivity contribution is 0.0443. The van der Waals surface area contributed by atoms with Crippen LogP contribution in [0.2, 0.25) is 0 Å². The molecule has 1 unspecified atom stereocenters. The van der Waals surface area contributed by atoms with Crippen molar-refractivity contribution >= 4 is 22.2 Å². The van der Waals surface area contributed by atoms with Crippen molar-refractivity contribution in [2.24, 2.45) is 0 Å². The van der Waals surface area contributed by atoms with E-state index in [2.05, 4.69) is 15.0 Å². The molecule has 0 saturated heterocycles. The highest BCUT2D eigenvalue weighted by Crippen LogP contribution is 2.26. The fourth-order valence-electron chi connectivity index (χ4n) is 3.17. The first kappa shape index (κ1) is 17.9. The van der Waals surface area contributed by atoms with E-state index in [0.717, 1.165) is 0 Å². The van der Waals surface area contributed by atoms with E-state index in [1.165, 1.54) is 17.1 Å². The maximum Gasteiger partial charge on any atom is 0.344 e. The molecule has 0 radical (unpaired) electrons. The van der Waals surface area contributed by atoms with Crippen LogP contribution in [-0.4, -0.2) is 40.2 Å². The zero-order valence-corrected chi connectivity index (χ0v) is 15.8.